The Kier molecular flexibility index (Phi) is 8.30. The number of ether oxygens (including phenoxy) is 1. The van der Waals surface area contributed by atoms with Gasteiger partial charge in [-0.05, 0) is 35.4 Å². The third kappa shape index (κ3) is 7.00. The molecule has 0 unspecified atom stereocenters. The number of carbonyl (C=O) groups is 3. The summed E-state index contributed by atoms with van der Waals surface area (Å²) in [4.78, 5) is 38.3. The first-order valence-electron chi connectivity index (χ1n) is 10.5. The number of carbonyl (C=O) groups excluding carboxylic acids is 3. The highest BCUT2D eigenvalue weighted by atomic mass is 19.1. The largest absolute Gasteiger partial charge is 0.467 e. The molecule has 0 aliphatic heterocycles. The number of hydrogen-bond acceptors (Lipinski definition) is 4. The van der Waals surface area contributed by atoms with Crippen LogP contribution in [0.25, 0.3) is 0 Å². The molecule has 2 amide bonds. The molecule has 0 aromatic heterocycles. The average Bonchev–Trinajstić information content (AvgIpc) is 2.84. The van der Waals surface area contributed by atoms with Gasteiger partial charge in [-0.1, -0.05) is 60.7 Å². The van der Waals surface area contributed by atoms with Crippen LogP contribution >= 0.6 is 0 Å². The second-order valence-electron chi connectivity index (χ2n) is 7.50. The van der Waals surface area contributed by atoms with Gasteiger partial charge in [-0.15, -0.1) is 0 Å². The van der Waals surface area contributed by atoms with Crippen LogP contribution in [-0.4, -0.2) is 37.0 Å². The lowest BCUT2D eigenvalue weighted by molar-refractivity contribution is -0.145. The van der Waals surface area contributed by atoms with Gasteiger partial charge >= 0.3 is 5.97 Å². The summed E-state index contributed by atoms with van der Waals surface area (Å²) in [6, 6.07) is 21.6. The van der Waals surface area contributed by atoms with Crippen LogP contribution in [0.1, 0.15) is 21.5 Å². The van der Waals surface area contributed by atoms with E-state index in [-0.39, 0.29) is 18.4 Å². The fourth-order valence-corrected chi connectivity index (χ4v) is 3.36. The lowest BCUT2D eigenvalue weighted by Crippen LogP contribution is -2.53. The van der Waals surface area contributed by atoms with E-state index in [9.17, 15) is 18.8 Å². The topological polar surface area (TPSA) is 84.5 Å². The minimum absolute atomic E-state index is 0.207. The van der Waals surface area contributed by atoms with Crippen LogP contribution in [0.5, 0.6) is 0 Å². The monoisotopic (exact) mass is 448 g/mol. The highest BCUT2D eigenvalue weighted by Crippen LogP contribution is 2.09. The van der Waals surface area contributed by atoms with Crippen molar-refractivity contribution in [2.24, 2.45) is 0 Å². The van der Waals surface area contributed by atoms with Gasteiger partial charge in [0.05, 0.1) is 7.11 Å². The van der Waals surface area contributed by atoms with Crippen molar-refractivity contribution < 1.29 is 23.5 Å². The van der Waals surface area contributed by atoms with Crippen LogP contribution in [0.3, 0.4) is 0 Å². The molecule has 7 heteroatoms. The number of rotatable bonds is 9. The highest BCUT2D eigenvalue weighted by Gasteiger charge is 2.28. The van der Waals surface area contributed by atoms with Crippen molar-refractivity contribution in [2.45, 2.75) is 24.9 Å². The summed E-state index contributed by atoms with van der Waals surface area (Å²) >= 11 is 0. The van der Waals surface area contributed by atoms with E-state index < -0.39 is 35.7 Å². The van der Waals surface area contributed by atoms with Gasteiger partial charge in [-0.25, -0.2) is 9.18 Å². The molecule has 0 saturated heterocycles. The van der Waals surface area contributed by atoms with Crippen LogP contribution in [0.4, 0.5) is 4.39 Å². The zero-order valence-electron chi connectivity index (χ0n) is 18.2. The van der Waals surface area contributed by atoms with Gasteiger partial charge in [0, 0.05) is 18.4 Å². The minimum atomic E-state index is -0.965. The number of halogens is 1. The summed E-state index contributed by atoms with van der Waals surface area (Å²) in [7, 11) is 1.25. The summed E-state index contributed by atoms with van der Waals surface area (Å²) < 4.78 is 18.1. The molecule has 0 aliphatic rings. The van der Waals surface area contributed by atoms with E-state index in [0.717, 1.165) is 11.1 Å². The van der Waals surface area contributed by atoms with E-state index in [2.05, 4.69) is 10.6 Å². The molecule has 0 bridgehead atoms. The Morgan fingerprint density at radius 2 is 1.27 bits per heavy atom. The Morgan fingerprint density at radius 1 is 0.758 bits per heavy atom. The molecular weight excluding hydrogens is 423 g/mol. The summed E-state index contributed by atoms with van der Waals surface area (Å²) in [5, 5.41) is 5.42. The predicted octanol–water partition coefficient (Wildman–Crippen LogP) is 3.07. The molecule has 0 saturated carbocycles. The maximum absolute atomic E-state index is 13.2. The Labute approximate surface area is 191 Å². The first-order valence-corrected chi connectivity index (χ1v) is 10.5. The molecular formula is C26H25FN2O4. The van der Waals surface area contributed by atoms with Gasteiger partial charge in [-0.2, -0.15) is 0 Å². The van der Waals surface area contributed by atoms with E-state index in [1.165, 1.54) is 31.4 Å². The molecule has 3 rings (SSSR count). The molecule has 0 radical (unpaired) electrons. The zero-order valence-corrected chi connectivity index (χ0v) is 18.2. The lowest BCUT2D eigenvalue weighted by Gasteiger charge is -2.22. The van der Waals surface area contributed by atoms with Crippen LogP contribution in [0, 0.1) is 5.82 Å². The minimum Gasteiger partial charge on any atom is -0.467 e. The van der Waals surface area contributed by atoms with Crippen molar-refractivity contribution in [3.8, 4) is 0 Å². The maximum Gasteiger partial charge on any atom is 0.328 e. The van der Waals surface area contributed by atoms with Crippen molar-refractivity contribution in [1.29, 1.82) is 0 Å². The van der Waals surface area contributed by atoms with Gasteiger partial charge < -0.3 is 15.4 Å². The van der Waals surface area contributed by atoms with Crippen LogP contribution in [-0.2, 0) is 27.2 Å². The molecule has 3 aromatic rings. The van der Waals surface area contributed by atoms with Crippen molar-refractivity contribution in [3.63, 3.8) is 0 Å². The van der Waals surface area contributed by atoms with Crippen molar-refractivity contribution in [3.05, 3.63) is 107 Å². The van der Waals surface area contributed by atoms with Gasteiger partial charge in [0.15, 0.2) is 0 Å². The maximum atomic E-state index is 13.2. The van der Waals surface area contributed by atoms with Crippen molar-refractivity contribution in [2.75, 3.05) is 7.11 Å². The fourth-order valence-electron chi connectivity index (χ4n) is 3.36. The van der Waals surface area contributed by atoms with E-state index >= 15 is 0 Å². The molecule has 0 aliphatic carbocycles. The average molecular weight is 448 g/mol. The standard InChI is InChI=1S/C26H25FN2O4/c1-33-26(32)23(17-19-10-6-3-7-11-19)29-25(31)22(16-18-8-4-2-5-9-18)28-24(30)20-12-14-21(27)15-13-20/h2-15,22-23H,16-17H2,1H3,(H,28,30)(H,29,31)/t22-,23-/m0/s1. The highest BCUT2D eigenvalue weighted by molar-refractivity contribution is 5.98. The van der Waals surface area contributed by atoms with Crippen LogP contribution in [0.2, 0.25) is 0 Å². The number of esters is 1. The van der Waals surface area contributed by atoms with Crippen molar-refractivity contribution in [1.82, 2.24) is 10.6 Å². The number of methoxy groups -OCH3 is 1. The van der Waals surface area contributed by atoms with Gasteiger partial charge in [-0.3, -0.25) is 9.59 Å². The molecule has 0 fully saturated rings. The number of amides is 2. The van der Waals surface area contributed by atoms with E-state index in [4.69, 9.17) is 4.74 Å². The predicted molar refractivity (Wildman–Crippen MR) is 122 cm³/mol. The second-order valence-corrected chi connectivity index (χ2v) is 7.50. The van der Waals surface area contributed by atoms with E-state index in [0.29, 0.717) is 0 Å². The summed E-state index contributed by atoms with van der Waals surface area (Å²) in [5.74, 6) is -2.10. The SMILES string of the molecule is COC(=O)[C@H](Cc1ccccc1)NC(=O)[C@H](Cc1ccccc1)NC(=O)c1ccc(F)cc1. The number of hydrogen-bond donors (Lipinski definition) is 2. The first-order chi connectivity index (χ1) is 16.0. The summed E-state index contributed by atoms with van der Waals surface area (Å²) in [6.07, 6.45) is 0.446. The van der Waals surface area contributed by atoms with Crippen LogP contribution in [0.15, 0.2) is 84.9 Å². The van der Waals surface area contributed by atoms with Gasteiger partial charge in [0.1, 0.15) is 17.9 Å². The molecule has 33 heavy (non-hydrogen) atoms. The third-order valence-electron chi connectivity index (χ3n) is 5.10. The third-order valence-corrected chi connectivity index (χ3v) is 5.10. The summed E-state index contributed by atoms with van der Waals surface area (Å²) in [5.41, 5.74) is 1.90. The normalized spacial score (nSPS) is 12.3. The number of nitrogens with one attached hydrogen (secondary N) is 2. The van der Waals surface area contributed by atoms with Gasteiger partial charge in [0.25, 0.3) is 5.91 Å². The Balaban J connectivity index is 1.79. The Hall–Kier alpha value is -4.00. The molecule has 3 aromatic carbocycles. The fraction of sp³-hybridized carbons (Fsp3) is 0.192. The van der Waals surface area contributed by atoms with Crippen LogP contribution < -0.4 is 10.6 Å². The zero-order chi connectivity index (χ0) is 23.6. The smallest absolute Gasteiger partial charge is 0.328 e. The van der Waals surface area contributed by atoms with Gasteiger partial charge in [0.2, 0.25) is 5.91 Å². The lowest BCUT2D eigenvalue weighted by atomic mass is 10.0. The molecule has 2 atom stereocenters. The quantitative estimate of drug-likeness (QED) is 0.493. The van der Waals surface area contributed by atoms with E-state index in [1.807, 2.05) is 60.7 Å². The molecule has 170 valence electrons. The number of benzene rings is 3. The second kappa shape index (κ2) is 11.6. The Morgan fingerprint density at radius 3 is 1.79 bits per heavy atom. The molecule has 6 nitrogen and oxygen atoms in total. The van der Waals surface area contributed by atoms with E-state index in [1.54, 1.807) is 0 Å². The molecule has 0 spiro atoms. The summed E-state index contributed by atoms with van der Waals surface area (Å²) in [6.45, 7) is 0. The molecule has 0 heterocycles. The first kappa shape index (κ1) is 23.7. The Bertz CT molecular complexity index is 1070. The van der Waals surface area contributed by atoms with Crippen molar-refractivity contribution >= 4 is 17.8 Å². The molecule has 2 N–H and O–H groups in total.